The largest absolute Gasteiger partial charge is 0.368 e. The van der Waals surface area contributed by atoms with Gasteiger partial charge in [-0.05, 0) is 24.4 Å². The van der Waals surface area contributed by atoms with E-state index in [1.807, 2.05) is 30.5 Å². The van der Waals surface area contributed by atoms with Crippen molar-refractivity contribution in [2.24, 2.45) is 0 Å². The van der Waals surface area contributed by atoms with E-state index < -0.39 is 0 Å². The summed E-state index contributed by atoms with van der Waals surface area (Å²) in [4.78, 5) is 28.0. The Morgan fingerprint density at radius 1 is 1.33 bits per heavy atom. The minimum Gasteiger partial charge on any atom is -0.368 e. The van der Waals surface area contributed by atoms with Crippen molar-refractivity contribution in [2.45, 2.75) is 13.0 Å². The lowest BCUT2D eigenvalue weighted by atomic mass is 10.1. The smallest absolute Gasteiger partial charge is 0.257 e. The van der Waals surface area contributed by atoms with Crippen LogP contribution >= 0.6 is 22.9 Å². The van der Waals surface area contributed by atoms with Crippen molar-refractivity contribution in [3.8, 4) is 10.6 Å². The van der Waals surface area contributed by atoms with Gasteiger partial charge in [0.1, 0.15) is 10.8 Å². The number of hydrogen-bond acceptors (Lipinski definition) is 7. The Kier molecular flexibility index (Phi) is 4.51. The number of pyridine rings is 1. The molecule has 0 amide bonds. The quantitative estimate of drug-likeness (QED) is 0.481. The van der Waals surface area contributed by atoms with Crippen LogP contribution in [0, 0.1) is 0 Å². The van der Waals surface area contributed by atoms with Gasteiger partial charge in [0.05, 0.1) is 22.0 Å². The van der Waals surface area contributed by atoms with E-state index in [4.69, 9.17) is 17.3 Å². The van der Waals surface area contributed by atoms with Crippen LogP contribution in [0.3, 0.4) is 0 Å². The normalized spacial score (nSPS) is 12.2. The molecule has 136 valence electrons. The number of benzene rings is 1. The summed E-state index contributed by atoms with van der Waals surface area (Å²) in [6.45, 7) is 1.92. The van der Waals surface area contributed by atoms with Crippen molar-refractivity contribution < 1.29 is 0 Å². The van der Waals surface area contributed by atoms with E-state index in [9.17, 15) is 4.79 Å². The third-order valence-corrected chi connectivity index (χ3v) is 5.25. The average Bonchev–Trinajstić information content (AvgIpc) is 3.16. The molecule has 0 saturated heterocycles. The summed E-state index contributed by atoms with van der Waals surface area (Å²) in [6, 6.07) is 7.03. The maximum Gasteiger partial charge on any atom is 0.257 e. The second kappa shape index (κ2) is 6.98. The zero-order valence-electron chi connectivity index (χ0n) is 14.2. The first-order valence-corrected chi connectivity index (χ1v) is 9.39. The highest BCUT2D eigenvalue weighted by atomic mass is 35.5. The van der Waals surface area contributed by atoms with E-state index in [1.54, 1.807) is 18.5 Å². The minimum atomic E-state index is -0.242. The summed E-state index contributed by atoms with van der Waals surface area (Å²) in [5.41, 5.74) is 6.98. The molecule has 1 unspecified atom stereocenters. The highest BCUT2D eigenvalue weighted by Gasteiger charge is 2.16. The van der Waals surface area contributed by atoms with Crippen molar-refractivity contribution in [3.63, 3.8) is 0 Å². The first-order valence-electron chi connectivity index (χ1n) is 8.13. The van der Waals surface area contributed by atoms with Gasteiger partial charge in [0.15, 0.2) is 0 Å². The molecule has 0 spiro atoms. The summed E-state index contributed by atoms with van der Waals surface area (Å²) in [5.74, 6) is 0.709. The van der Waals surface area contributed by atoms with E-state index in [1.165, 1.54) is 11.3 Å². The molecule has 27 heavy (non-hydrogen) atoms. The van der Waals surface area contributed by atoms with Crippen LogP contribution in [0.25, 0.3) is 21.3 Å². The molecule has 4 rings (SSSR count). The monoisotopic (exact) mass is 398 g/mol. The summed E-state index contributed by atoms with van der Waals surface area (Å²) < 4.78 is 0. The number of thiazole rings is 1. The van der Waals surface area contributed by atoms with Crippen LogP contribution in [0.5, 0.6) is 0 Å². The molecule has 0 fully saturated rings. The van der Waals surface area contributed by atoms with Crippen LogP contribution in [0.1, 0.15) is 18.7 Å². The van der Waals surface area contributed by atoms with Gasteiger partial charge in [-0.2, -0.15) is 4.98 Å². The topological polar surface area (TPSA) is 110 Å². The van der Waals surface area contributed by atoms with Crippen LogP contribution in [-0.2, 0) is 0 Å². The number of rotatable bonds is 4. The highest BCUT2D eigenvalue weighted by molar-refractivity contribution is 7.13. The number of nitrogens with one attached hydrogen (secondary N) is 2. The lowest BCUT2D eigenvalue weighted by Crippen LogP contribution is -2.17. The maximum atomic E-state index is 12.5. The predicted octanol–water partition coefficient (Wildman–Crippen LogP) is 3.85. The van der Waals surface area contributed by atoms with Gasteiger partial charge in [-0.15, -0.1) is 11.3 Å². The minimum absolute atomic E-state index is 0.156. The first-order chi connectivity index (χ1) is 13.0. The Morgan fingerprint density at radius 3 is 2.96 bits per heavy atom. The Bertz CT molecular complexity index is 1170. The van der Waals surface area contributed by atoms with E-state index in [2.05, 4.69) is 25.3 Å². The Hall–Kier alpha value is -2.97. The summed E-state index contributed by atoms with van der Waals surface area (Å²) in [5, 5.41) is 7.63. The van der Waals surface area contributed by atoms with Gasteiger partial charge < -0.3 is 16.0 Å². The molecular weight excluding hydrogens is 384 g/mol. The fraction of sp³-hybridized carbons (Fsp3) is 0.111. The standard InChI is InChI=1S/C18H15ClN6OS/c1-9(13-7-10-3-2-4-12(19)14(10)16(26)24-13)23-15-11(8-22-18(20)25-15)17-21-5-6-27-17/h2-9H,1H3,(H,24,26)(H3,20,22,23,25). The van der Waals surface area contributed by atoms with E-state index in [-0.39, 0.29) is 17.5 Å². The highest BCUT2D eigenvalue weighted by Crippen LogP contribution is 2.30. The molecule has 1 atom stereocenters. The van der Waals surface area contributed by atoms with Gasteiger partial charge >= 0.3 is 0 Å². The summed E-state index contributed by atoms with van der Waals surface area (Å²) >= 11 is 7.63. The lowest BCUT2D eigenvalue weighted by Gasteiger charge is -2.17. The molecule has 0 bridgehead atoms. The van der Waals surface area contributed by atoms with Crippen LogP contribution in [0.2, 0.25) is 5.02 Å². The molecule has 0 aliphatic rings. The van der Waals surface area contributed by atoms with E-state index in [0.29, 0.717) is 21.9 Å². The Labute approximate surface area is 163 Å². The van der Waals surface area contributed by atoms with E-state index in [0.717, 1.165) is 16.0 Å². The predicted molar refractivity (Wildman–Crippen MR) is 109 cm³/mol. The number of aromatic amines is 1. The van der Waals surface area contributed by atoms with Crippen molar-refractivity contribution in [1.82, 2.24) is 19.9 Å². The van der Waals surface area contributed by atoms with Gasteiger partial charge in [-0.3, -0.25) is 4.79 Å². The third-order valence-electron chi connectivity index (χ3n) is 4.13. The molecule has 7 nitrogen and oxygen atoms in total. The Morgan fingerprint density at radius 2 is 2.19 bits per heavy atom. The van der Waals surface area contributed by atoms with Crippen molar-refractivity contribution in [2.75, 3.05) is 11.1 Å². The molecule has 3 aromatic heterocycles. The number of nitrogens with zero attached hydrogens (tertiary/aromatic N) is 3. The average molecular weight is 399 g/mol. The van der Waals surface area contributed by atoms with E-state index >= 15 is 0 Å². The van der Waals surface area contributed by atoms with Crippen LogP contribution in [0.4, 0.5) is 11.8 Å². The fourth-order valence-corrected chi connectivity index (χ4v) is 3.75. The number of nitrogen functional groups attached to an aromatic ring is 1. The van der Waals surface area contributed by atoms with Crippen molar-refractivity contribution in [1.29, 1.82) is 0 Å². The van der Waals surface area contributed by atoms with Gasteiger partial charge in [-0.1, -0.05) is 23.7 Å². The number of nitrogens with two attached hydrogens (primary N) is 1. The molecule has 0 saturated carbocycles. The summed E-state index contributed by atoms with van der Waals surface area (Å²) in [6.07, 6.45) is 3.35. The molecular formula is C18H15ClN6OS. The number of hydrogen-bond donors (Lipinski definition) is 3. The summed E-state index contributed by atoms with van der Waals surface area (Å²) in [7, 11) is 0. The second-order valence-electron chi connectivity index (χ2n) is 5.95. The van der Waals surface area contributed by atoms with Crippen molar-refractivity contribution >= 4 is 45.5 Å². The SMILES string of the molecule is CC(Nc1nc(N)ncc1-c1nccs1)c1cc2cccc(Cl)c2c(=O)[nH]1. The fourth-order valence-electron chi connectivity index (χ4n) is 2.83. The maximum absolute atomic E-state index is 12.5. The van der Waals surface area contributed by atoms with Gasteiger partial charge in [0.25, 0.3) is 5.56 Å². The third kappa shape index (κ3) is 3.36. The number of halogens is 1. The molecule has 9 heteroatoms. The number of anilines is 2. The van der Waals surface area contributed by atoms with Crippen LogP contribution in [-0.4, -0.2) is 19.9 Å². The number of H-pyrrole nitrogens is 1. The van der Waals surface area contributed by atoms with Gasteiger partial charge in [0, 0.05) is 23.5 Å². The van der Waals surface area contributed by atoms with Crippen LogP contribution < -0.4 is 16.6 Å². The molecule has 3 heterocycles. The molecule has 4 aromatic rings. The molecule has 0 aliphatic heterocycles. The molecule has 0 radical (unpaired) electrons. The Balaban J connectivity index is 1.73. The molecule has 4 N–H and O–H groups in total. The zero-order chi connectivity index (χ0) is 19.0. The second-order valence-corrected chi connectivity index (χ2v) is 7.25. The lowest BCUT2D eigenvalue weighted by molar-refractivity contribution is 0.829. The van der Waals surface area contributed by atoms with Crippen LogP contribution in [0.15, 0.2) is 46.8 Å². The molecule has 0 aliphatic carbocycles. The first kappa shape index (κ1) is 17.4. The van der Waals surface area contributed by atoms with Gasteiger partial charge in [-0.25, -0.2) is 9.97 Å². The number of aromatic nitrogens is 4. The zero-order valence-corrected chi connectivity index (χ0v) is 15.8. The molecule has 1 aromatic carbocycles. The number of fused-ring (bicyclic) bond motifs is 1. The van der Waals surface area contributed by atoms with Gasteiger partial charge in [0.2, 0.25) is 5.95 Å². The van der Waals surface area contributed by atoms with Crippen molar-refractivity contribution in [3.05, 3.63) is 63.1 Å².